The molecule has 5 heteroatoms. The molecule has 0 aliphatic carbocycles. The van der Waals surface area contributed by atoms with E-state index in [-0.39, 0.29) is 13.6 Å². The normalized spacial score (nSPS) is 14.8. The van der Waals surface area contributed by atoms with E-state index in [0.717, 1.165) is 33.5 Å². The third kappa shape index (κ3) is 1.43. The summed E-state index contributed by atoms with van der Waals surface area (Å²) in [5.74, 6) is 2.85. The molecule has 0 radical (unpaired) electrons. The minimum absolute atomic E-state index is 0.218. The van der Waals surface area contributed by atoms with Crippen molar-refractivity contribution in [2.45, 2.75) is 0 Å². The van der Waals surface area contributed by atoms with E-state index in [1.54, 1.807) is 0 Å². The van der Waals surface area contributed by atoms with Crippen LogP contribution in [0.3, 0.4) is 0 Å². The zero-order valence-corrected chi connectivity index (χ0v) is 12.0. The second-order valence-electron chi connectivity index (χ2n) is 5.39. The topological polar surface area (TPSA) is 41.9 Å². The van der Waals surface area contributed by atoms with Gasteiger partial charge in [-0.05, 0) is 6.07 Å². The lowest BCUT2D eigenvalue weighted by Gasteiger charge is -2.09. The standard InChI is InChI=1S/C17H13NO4/c1-18-7-11(10-4-2-3-5-12(10)18)15-16-13(19-8-21-16)6-14-17(15)22-9-20-14/h2-7H,8-9H2,1H3. The lowest BCUT2D eigenvalue weighted by atomic mass is 10.0. The number of rotatable bonds is 1. The molecule has 5 nitrogen and oxygen atoms in total. The number of fused-ring (bicyclic) bond motifs is 3. The molecular formula is C17H13NO4. The number of ether oxygens (including phenoxy) is 4. The number of aromatic nitrogens is 1. The number of hydrogen-bond acceptors (Lipinski definition) is 4. The third-order valence-corrected chi connectivity index (χ3v) is 4.17. The van der Waals surface area contributed by atoms with Crippen LogP contribution in [-0.4, -0.2) is 18.2 Å². The fraction of sp³-hybridized carbons (Fsp3) is 0.176. The Balaban J connectivity index is 1.89. The first-order chi connectivity index (χ1) is 10.8. The molecule has 0 unspecified atom stereocenters. The summed E-state index contributed by atoms with van der Waals surface area (Å²) in [5, 5.41) is 1.14. The van der Waals surface area contributed by atoms with Crippen molar-refractivity contribution in [2.24, 2.45) is 7.05 Å². The Labute approximate surface area is 126 Å². The third-order valence-electron chi connectivity index (χ3n) is 4.17. The van der Waals surface area contributed by atoms with E-state index in [4.69, 9.17) is 18.9 Å². The highest BCUT2D eigenvalue weighted by Gasteiger charge is 2.31. The van der Waals surface area contributed by atoms with Gasteiger partial charge in [0.15, 0.2) is 23.0 Å². The van der Waals surface area contributed by atoms with Crippen LogP contribution in [0.25, 0.3) is 22.0 Å². The minimum Gasteiger partial charge on any atom is -0.453 e. The maximum Gasteiger partial charge on any atom is 0.231 e. The van der Waals surface area contributed by atoms with Gasteiger partial charge >= 0.3 is 0 Å². The van der Waals surface area contributed by atoms with Crippen LogP contribution in [0.15, 0.2) is 36.5 Å². The van der Waals surface area contributed by atoms with Gasteiger partial charge in [0.2, 0.25) is 13.6 Å². The van der Waals surface area contributed by atoms with Gasteiger partial charge in [-0.3, -0.25) is 0 Å². The molecule has 110 valence electrons. The summed E-state index contributed by atoms with van der Waals surface area (Å²) in [6.07, 6.45) is 2.09. The molecule has 1 aromatic heterocycles. The summed E-state index contributed by atoms with van der Waals surface area (Å²) in [6, 6.07) is 10.1. The zero-order chi connectivity index (χ0) is 14.7. The number of nitrogens with zero attached hydrogens (tertiary/aromatic N) is 1. The van der Waals surface area contributed by atoms with E-state index < -0.39 is 0 Å². The maximum absolute atomic E-state index is 5.70. The average Bonchev–Trinajstić information content (AvgIpc) is 3.24. The number of aryl methyl sites for hydroxylation is 1. The quantitative estimate of drug-likeness (QED) is 0.691. The van der Waals surface area contributed by atoms with Gasteiger partial charge in [-0.15, -0.1) is 0 Å². The van der Waals surface area contributed by atoms with Gasteiger partial charge in [0, 0.05) is 35.8 Å². The molecule has 0 N–H and O–H groups in total. The molecule has 5 rings (SSSR count). The predicted octanol–water partition coefficient (Wildman–Crippen LogP) is 3.30. The Morgan fingerprint density at radius 3 is 2.32 bits per heavy atom. The van der Waals surface area contributed by atoms with Crippen molar-refractivity contribution in [1.29, 1.82) is 0 Å². The van der Waals surface area contributed by atoms with Gasteiger partial charge in [-0.25, -0.2) is 0 Å². The number of hydrogen-bond donors (Lipinski definition) is 0. The largest absolute Gasteiger partial charge is 0.453 e. The molecule has 0 fully saturated rings. The van der Waals surface area contributed by atoms with Crippen molar-refractivity contribution in [2.75, 3.05) is 13.6 Å². The average molecular weight is 295 g/mol. The first kappa shape index (κ1) is 11.8. The van der Waals surface area contributed by atoms with Crippen LogP contribution in [0.5, 0.6) is 23.0 Å². The fourth-order valence-electron chi connectivity index (χ4n) is 3.19. The molecule has 3 heterocycles. The van der Waals surface area contributed by atoms with Gasteiger partial charge in [-0.1, -0.05) is 18.2 Å². The smallest absolute Gasteiger partial charge is 0.231 e. The Morgan fingerprint density at radius 1 is 0.909 bits per heavy atom. The van der Waals surface area contributed by atoms with E-state index in [0.29, 0.717) is 11.5 Å². The van der Waals surface area contributed by atoms with Gasteiger partial charge in [0.25, 0.3) is 0 Å². The monoisotopic (exact) mass is 295 g/mol. The SMILES string of the molecule is Cn1cc(-c2c3c(cc4c2OCO4)OCO3)c2ccccc21. The number of benzene rings is 2. The van der Waals surface area contributed by atoms with Crippen LogP contribution in [0.4, 0.5) is 0 Å². The summed E-state index contributed by atoms with van der Waals surface area (Å²) in [4.78, 5) is 0. The van der Waals surface area contributed by atoms with Crippen LogP contribution < -0.4 is 18.9 Å². The Bertz CT molecular complexity index is 880. The molecule has 22 heavy (non-hydrogen) atoms. The lowest BCUT2D eigenvalue weighted by molar-refractivity contribution is 0.166. The summed E-state index contributed by atoms with van der Waals surface area (Å²) in [6.45, 7) is 0.436. The highest BCUT2D eigenvalue weighted by Crippen LogP contribution is 2.54. The second kappa shape index (κ2) is 4.10. The molecule has 2 aliphatic rings. The summed E-state index contributed by atoms with van der Waals surface area (Å²) < 4.78 is 24.6. The van der Waals surface area contributed by atoms with Crippen LogP contribution in [0, 0.1) is 0 Å². The summed E-state index contributed by atoms with van der Waals surface area (Å²) in [7, 11) is 2.03. The fourth-order valence-corrected chi connectivity index (χ4v) is 3.19. The van der Waals surface area contributed by atoms with Crippen LogP contribution >= 0.6 is 0 Å². The highest BCUT2D eigenvalue weighted by molar-refractivity contribution is 6.00. The Morgan fingerprint density at radius 2 is 1.59 bits per heavy atom. The minimum atomic E-state index is 0.218. The second-order valence-corrected chi connectivity index (χ2v) is 5.39. The van der Waals surface area contributed by atoms with E-state index >= 15 is 0 Å². The molecule has 0 saturated heterocycles. The number of para-hydroxylation sites is 1. The van der Waals surface area contributed by atoms with Gasteiger partial charge in [0.1, 0.15) is 0 Å². The molecule has 0 saturated carbocycles. The molecule has 2 aliphatic heterocycles. The highest BCUT2D eigenvalue weighted by atomic mass is 16.7. The Hall–Kier alpha value is -2.82. The molecular weight excluding hydrogens is 282 g/mol. The van der Waals surface area contributed by atoms with E-state index in [1.165, 1.54) is 0 Å². The van der Waals surface area contributed by atoms with E-state index in [9.17, 15) is 0 Å². The molecule has 0 bridgehead atoms. The van der Waals surface area contributed by atoms with Crippen molar-refractivity contribution in [3.63, 3.8) is 0 Å². The van der Waals surface area contributed by atoms with Crippen molar-refractivity contribution in [1.82, 2.24) is 4.57 Å². The van der Waals surface area contributed by atoms with Gasteiger partial charge < -0.3 is 23.5 Å². The molecule has 0 atom stereocenters. The van der Waals surface area contributed by atoms with Gasteiger partial charge in [0.05, 0.1) is 5.56 Å². The lowest BCUT2D eigenvalue weighted by Crippen LogP contribution is -1.96. The first-order valence-corrected chi connectivity index (χ1v) is 7.09. The van der Waals surface area contributed by atoms with Gasteiger partial charge in [-0.2, -0.15) is 0 Å². The van der Waals surface area contributed by atoms with Crippen molar-refractivity contribution >= 4 is 10.9 Å². The van der Waals surface area contributed by atoms with Crippen LogP contribution in [0.2, 0.25) is 0 Å². The van der Waals surface area contributed by atoms with Crippen molar-refractivity contribution in [3.05, 3.63) is 36.5 Å². The maximum atomic E-state index is 5.70. The Kier molecular flexibility index (Phi) is 2.20. The molecule has 3 aromatic rings. The molecule has 0 amide bonds. The zero-order valence-electron chi connectivity index (χ0n) is 12.0. The predicted molar refractivity (Wildman–Crippen MR) is 80.6 cm³/mol. The summed E-state index contributed by atoms with van der Waals surface area (Å²) >= 11 is 0. The van der Waals surface area contributed by atoms with Crippen LogP contribution in [-0.2, 0) is 7.05 Å². The molecule has 2 aromatic carbocycles. The first-order valence-electron chi connectivity index (χ1n) is 7.09. The molecule has 0 spiro atoms. The van der Waals surface area contributed by atoms with Crippen LogP contribution in [0.1, 0.15) is 0 Å². The van der Waals surface area contributed by atoms with Crippen molar-refractivity contribution < 1.29 is 18.9 Å². The van der Waals surface area contributed by atoms with E-state index in [1.807, 2.05) is 25.2 Å². The summed E-state index contributed by atoms with van der Waals surface area (Å²) in [5.41, 5.74) is 3.11. The van der Waals surface area contributed by atoms with Crippen molar-refractivity contribution in [3.8, 4) is 34.1 Å². The van der Waals surface area contributed by atoms with E-state index in [2.05, 4.69) is 22.9 Å².